The highest BCUT2D eigenvalue weighted by atomic mass is 32.1. The summed E-state index contributed by atoms with van der Waals surface area (Å²) < 4.78 is 1.69. The van der Waals surface area contributed by atoms with Crippen LogP contribution in [-0.2, 0) is 13.0 Å². The van der Waals surface area contributed by atoms with E-state index in [4.69, 9.17) is 4.98 Å². The molecular formula is C19H21N3OS. The van der Waals surface area contributed by atoms with Gasteiger partial charge in [-0.3, -0.25) is 14.1 Å². The van der Waals surface area contributed by atoms with E-state index in [-0.39, 0.29) is 5.56 Å². The van der Waals surface area contributed by atoms with Gasteiger partial charge < -0.3 is 0 Å². The van der Waals surface area contributed by atoms with E-state index in [1.54, 1.807) is 10.5 Å². The molecule has 0 aliphatic carbocycles. The number of hydrogen-bond acceptors (Lipinski definition) is 4. The molecule has 4 rings (SSSR count). The summed E-state index contributed by atoms with van der Waals surface area (Å²) in [5.74, 6) is 0. The minimum Gasteiger partial charge on any atom is -0.294 e. The Morgan fingerprint density at radius 1 is 1.29 bits per heavy atom. The van der Waals surface area contributed by atoms with Crippen molar-refractivity contribution < 1.29 is 0 Å². The summed E-state index contributed by atoms with van der Waals surface area (Å²) in [4.78, 5) is 20.3. The second-order valence-corrected chi connectivity index (χ2v) is 7.37. The Labute approximate surface area is 145 Å². The molecule has 1 fully saturated rings. The fourth-order valence-corrected chi connectivity index (χ4v) is 4.50. The van der Waals surface area contributed by atoms with Gasteiger partial charge >= 0.3 is 0 Å². The zero-order valence-electron chi connectivity index (χ0n) is 13.8. The smallest absolute Gasteiger partial charge is 0.259 e. The van der Waals surface area contributed by atoms with Crippen molar-refractivity contribution in [2.24, 2.45) is 0 Å². The lowest BCUT2D eigenvalue weighted by molar-refractivity contribution is 0.241. The summed E-state index contributed by atoms with van der Waals surface area (Å²) in [7, 11) is 0. The van der Waals surface area contributed by atoms with Crippen LogP contribution in [0.2, 0.25) is 0 Å². The number of rotatable bonds is 4. The van der Waals surface area contributed by atoms with Crippen LogP contribution in [0.15, 0.2) is 46.6 Å². The highest BCUT2D eigenvalue weighted by molar-refractivity contribution is 7.15. The highest BCUT2D eigenvalue weighted by Crippen LogP contribution is 2.23. The van der Waals surface area contributed by atoms with Crippen LogP contribution in [0, 0.1) is 6.92 Å². The zero-order valence-corrected chi connectivity index (χ0v) is 14.6. The van der Waals surface area contributed by atoms with Crippen molar-refractivity contribution in [3.05, 3.63) is 69.1 Å². The quantitative estimate of drug-likeness (QED) is 0.732. The van der Waals surface area contributed by atoms with Crippen molar-refractivity contribution in [1.29, 1.82) is 0 Å². The van der Waals surface area contributed by atoms with E-state index in [9.17, 15) is 4.79 Å². The van der Waals surface area contributed by atoms with Crippen LogP contribution < -0.4 is 5.56 Å². The summed E-state index contributed by atoms with van der Waals surface area (Å²) in [6.07, 6.45) is 3.51. The molecule has 1 aromatic carbocycles. The second kappa shape index (κ2) is 6.49. The average molecular weight is 339 g/mol. The minimum atomic E-state index is 0.0348. The van der Waals surface area contributed by atoms with Crippen molar-refractivity contribution in [1.82, 2.24) is 14.3 Å². The summed E-state index contributed by atoms with van der Waals surface area (Å²) in [5, 5.41) is 1.99. The Bertz CT molecular complexity index is 900. The normalized spacial score (nSPS) is 18.5. The molecule has 1 aliphatic rings. The molecule has 1 atom stereocenters. The van der Waals surface area contributed by atoms with E-state index < -0.39 is 0 Å². The van der Waals surface area contributed by atoms with Gasteiger partial charge in [0.15, 0.2) is 4.96 Å². The van der Waals surface area contributed by atoms with Gasteiger partial charge in [-0.05, 0) is 38.3 Å². The van der Waals surface area contributed by atoms with Gasteiger partial charge in [-0.1, -0.05) is 30.3 Å². The van der Waals surface area contributed by atoms with Crippen molar-refractivity contribution in [2.75, 3.05) is 6.54 Å². The van der Waals surface area contributed by atoms with Crippen molar-refractivity contribution in [3.8, 4) is 0 Å². The Kier molecular flexibility index (Phi) is 4.21. The number of nitrogens with zero attached hydrogens (tertiary/aromatic N) is 3. The molecule has 0 bridgehead atoms. The third-order valence-corrected chi connectivity index (χ3v) is 5.75. The Morgan fingerprint density at radius 2 is 2.12 bits per heavy atom. The average Bonchev–Trinajstić information content (AvgIpc) is 3.16. The van der Waals surface area contributed by atoms with Gasteiger partial charge in [0, 0.05) is 29.7 Å². The zero-order chi connectivity index (χ0) is 16.5. The fraction of sp³-hybridized carbons (Fsp3) is 0.368. The Balaban J connectivity index is 1.54. The van der Waals surface area contributed by atoms with Crippen molar-refractivity contribution >= 4 is 16.3 Å². The Morgan fingerprint density at radius 3 is 2.96 bits per heavy atom. The molecule has 0 spiro atoms. The molecule has 0 unspecified atom stereocenters. The van der Waals surface area contributed by atoms with Crippen LogP contribution in [-0.4, -0.2) is 26.9 Å². The topological polar surface area (TPSA) is 37.6 Å². The molecule has 3 heterocycles. The summed E-state index contributed by atoms with van der Waals surface area (Å²) in [5.41, 5.74) is 3.27. The van der Waals surface area contributed by atoms with E-state index in [2.05, 4.69) is 35.2 Å². The maximum atomic E-state index is 12.3. The number of aryl methyl sites for hydroxylation is 1. The lowest BCUT2D eigenvalue weighted by Crippen LogP contribution is -2.31. The monoisotopic (exact) mass is 339 g/mol. The predicted molar refractivity (Wildman–Crippen MR) is 97.7 cm³/mol. The molecule has 2 aromatic heterocycles. The molecule has 3 aromatic rings. The van der Waals surface area contributed by atoms with Crippen LogP contribution in [0.25, 0.3) is 4.96 Å². The first-order valence-electron chi connectivity index (χ1n) is 8.45. The molecule has 0 radical (unpaired) electrons. The largest absolute Gasteiger partial charge is 0.294 e. The lowest BCUT2D eigenvalue weighted by Gasteiger charge is -2.24. The molecule has 0 N–H and O–H groups in total. The standard InChI is InChI=1S/C19H21N3OS/c1-14-13-24-19-20-16(11-18(23)22(14)19)12-21-9-5-8-17(21)10-15-6-3-2-4-7-15/h2-4,6-7,11,13,17H,5,8-10,12H2,1H3/t17-/m1/s1. The lowest BCUT2D eigenvalue weighted by atomic mass is 10.0. The predicted octanol–water partition coefficient (Wildman–Crippen LogP) is 3.27. The van der Waals surface area contributed by atoms with Crippen molar-refractivity contribution in [3.63, 3.8) is 0 Å². The first-order chi connectivity index (χ1) is 11.7. The number of likely N-dealkylation sites (tertiary alicyclic amines) is 1. The molecule has 1 saturated heterocycles. The molecule has 24 heavy (non-hydrogen) atoms. The summed E-state index contributed by atoms with van der Waals surface area (Å²) in [6, 6.07) is 12.9. The maximum Gasteiger partial charge on any atom is 0.259 e. The minimum absolute atomic E-state index is 0.0348. The van der Waals surface area contributed by atoms with E-state index >= 15 is 0 Å². The number of hydrogen-bond donors (Lipinski definition) is 0. The SMILES string of the molecule is Cc1csc2nc(CN3CCC[C@@H]3Cc3ccccc3)cc(=O)n12. The van der Waals surface area contributed by atoms with Crippen LogP contribution in [0.4, 0.5) is 0 Å². The second-order valence-electron chi connectivity index (χ2n) is 6.54. The molecule has 0 saturated carbocycles. The van der Waals surface area contributed by atoms with Gasteiger partial charge in [0.05, 0.1) is 5.69 Å². The first kappa shape index (κ1) is 15.5. The molecular weight excluding hydrogens is 318 g/mol. The number of aromatic nitrogens is 2. The molecule has 0 amide bonds. The van der Waals surface area contributed by atoms with E-state index in [0.717, 1.165) is 35.9 Å². The summed E-state index contributed by atoms with van der Waals surface area (Å²) >= 11 is 1.54. The third-order valence-electron chi connectivity index (χ3n) is 4.81. The van der Waals surface area contributed by atoms with E-state index in [1.807, 2.05) is 12.3 Å². The third kappa shape index (κ3) is 3.01. The maximum absolute atomic E-state index is 12.3. The van der Waals surface area contributed by atoms with Crippen LogP contribution in [0.3, 0.4) is 0 Å². The number of thiazole rings is 1. The van der Waals surface area contributed by atoms with Crippen LogP contribution >= 0.6 is 11.3 Å². The van der Waals surface area contributed by atoms with Gasteiger partial charge in [-0.25, -0.2) is 4.98 Å². The summed E-state index contributed by atoms with van der Waals surface area (Å²) in [6.45, 7) is 3.80. The van der Waals surface area contributed by atoms with Gasteiger partial charge in [0.2, 0.25) is 0 Å². The fourth-order valence-electron chi connectivity index (χ4n) is 3.61. The number of fused-ring (bicyclic) bond motifs is 1. The van der Waals surface area contributed by atoms with Crippen molar-refractivity contribution in [2.45, 2.75) is 38.8 Å². The van der Waals surface area contributed by atoms with E-state index in [0.29, 0.717) is 6.04 Å². The van der Waals surface area contributed by atoms with E-state index in [1.165, 1.54) is 29.7 Å². The highest BCUT2D eigenvalue weighted by Gasteiger charge is 2.25. The Hall–Kier alpha value is -1.98. The molecule has 4 nitrogen and oxygen atoms in total. The van der Waals surface area contributed by atoms with Gasteiger partial charge in [0.1, 0.15) is 0 Å². The van der Waals surface area contributed by atoms with Gasteiger partial charge in [0.25, 0.3) is 5.56 Å². The molecule has 5 heteroatoms. The van der Waals surface area contributed by atoms with Crippen LogP contribution in [0.1, 0.15) is 29.8 Å². The number of benzene rings is 1. The van der Waals surface area contributed by atoms with Crippen LogP contribution in [0.5, 0.6) is 0 Å². The molecule has 1 aliphatic heterocycles. The first-order valence-corrected chi connectivity index (χ1v) is 9.33. The van der Waals surface area contributed by atoms with Gasteiger partial charge in [-0.15, -0.1) is 11.3 Å². The van der Waals surface area contributed by atoms with Gasteiger partial charge in [-0.2, -0.15) is 0 Å². The molecule has 124 valence electrons.